The molecule has 0 fully saturated rings. The normalized spacial score (nSPS) is 10.6. The molecule has 0 nitrogen and oxygen atoms in total. The van der Waals surface area contributed by atoms with E-state index in [1.54, 1.807) is 0 Å². The van der Waals surface area contributed by atoms with E-state index in [9.17, 15) is 0 Å². The standard InChI is InChI=1S/C15H14Br2S2/c16-12-6-1-3-8-14(12)18-10-5-11-19-15-9-4-2-7-13(15)17/h1-4,6-9H,5,10-11H2. The van der Waals surface area contributed by atoms with E-state index in [-0.39, 0.29) is 0 Å². The van der Waals surface area contributed by atoms with Gasteiger partial charge in [0.05, 0.1) is 0 Å². The lowest BCUT2D eigenvalue weighted by molar-refractivity contribution is 1.12. The third kappa shape index (κ3) is 5.18. The van der Waals surface area contributed by atoms with Crippen molar-refractivity contribution < 1.29 is 0 Å². The van der Waals surface area contributed by atoms with Crippen LogP contribution in [0.15, 0.2) is 67.3 Å². The number of benzene rings is 2. The highest BCUT2D eigenvalue weighted by Gasteiger charge is 2.01. The molecule has 0 saturated heterocycles. The molecule has 0 heterocycles. The molecule has 0 spiro atoms. The zero-order valence-electron chi connectivity index (χ0n) is 10.3. The lowest BCUT2D eigenvalue weighted by Crippen LogP contribution is -1.85. The maximum atomic E-state index is 3.58. The summed E-state index contributed by atoms with van der Waals surface area (Å²) in [4.78, 5) is 2.65. The third-order valence-electron chi connectivity index (χ3n) is 2.48. The second-order valence-corrected chi connectivity index (χ2v) is 7.89. The van der Waals surface area contributed by atoms with Gasteiger partial charge < -0.3 is 0 Å². The Morgan fingerprint density at radius 2 is 1.11 bits per heavy atom. The molecule has 2 aromatic carbocycles. The lowest BCUT2D eigenvalue weighted by Gasteiger charge is -2.05. The summed E-state index contributed by atoms with van der Waals surface area (Å²) in [5, 5.41) is 0. The lowest BCUT2D eigenvalue weighted by atomic mass is 10.4. The summed E-state index contributed by atoms with van der Waals surface area (Å²) in [6.45, 7) is 0. The molecule has 0 radical (unpaired) electrons. The minimum absolute atomic E-state index is 1.15. The van der Waals surface area contributed by atoms with Gasteiger partial charge in [0.15, 0.2) is 0 Å². The van der Waals surface area contributed by atoms with Crippen LogP contribution in [0.4, 0.5) is 0 Å². The number of hydrogen-bond donors (Lipinski definition) is 0. The summed E-state index contributed by atoms with van der Waals surface area (Å²) in [7, 11) is 0. The van der Waals surface area contributed by atoms with Gasteiger partial charge in [0.1, 0.15) is 0 Å². The first-order chi connectivity index (χ1) is 9.27. The maximum absolute atomic E-state index is 3.58. The minimum Gasteiger partial charge on any atom is -0.125 e. The molecule has 2 aromatic rings. The average Bonchev–Trinajstić information content (AvgIpc) is 2.42. The molecule has 4 heteroatoms. The van der Waals surface area contributed by atoms with Gasteiger partial charge in [0, 0.05) is 18.7 Å². The van der Waals surface area contributed by atoms with Gasteiger partial charge in [-0.1, -0.05) is 24.3 Å². The number of thioether (sulfide) groups is 2. The molecule has 0 saturated carbocycles. The van der Waals surface area contributed by atoms with E-state index in [1.807, 2.05) is 23.5 Å². The van der Waals surface area contributed by atoms with Crippen LogP contribution in [-0.2, 0) is 0 Å². The minimum atomic E-state index is 1.15. The highest BCUT2D eigenvalue weighted by molar-refractivity contribution is 9.10. The molecule has 100 valence electrons. The first kappa shape index (κ1) is 15.5. The van der Waals surface area contributed by atoms with Gasteiger partial charge in [0.2, 0.25) is 0 Å². The van der Waals surface area contributed by atoms with E-state index in [0.29, 0.717) is 0 Å². The van der Waals surface area contributed by atoms with Crippen molar-refractivity contribution >= 4 is 55.4 Å². The van der Waals surface area contributed by atoms with Crippen LogP contribution in [0.25, 0.3) is 0 Å². The Morgan fingerprint density at radius 3 is 1.53 bits per heavy atom. The van der Waals surface area contributed by atoms with Crippen molar-refractivity contribution in [1.82, 2.24) is 0 Å². The first-order valence-corrected chi connectivity index (χ1v) is 9.58. The summed E-state index contributed by atoms with van der Waals surface area (Å²) in [6, 6.07) is 16.8. The van der Waals surface area contributed by atoms with Gasteiger partial charge in [-0.3, -0.25) is 0 Å². The molecule has 0 unspecified atom stereocenters. The van der Waals surface area contributed by atoms with Crippen molar-refractivity contribution in [2.24, 2.45) is 0 Å². The van der Waals surface area contributed by atoms with Crippen LogP contribution in [0.1, 0.15) is 6.42 Å². The topological polar surface area (TPSA) is 0 Å². The van der Waals surface area contributed by atoms with Crippen molar-refractivity contribution in [2.45, 2.75) is 16.2 Å². The van der Waals surface area contributed by atoms with Crippen LogP contribution in [-0.4, -0.2) is 11.5 Å². The molecule has 0 atom stereocenters. The summed E-state index contributed by atoms with van der Waals surface area (Å²) in [6.07, 6.45) is 1.21. The Morgan fingerprint density at radius 1 is 0.684 bits per heavy atom. The van der Waals surface area contributed by atoms with E-state index >= 15 is 0 Å². The Kier molecular flexibility index (Phi) is 6.85. The van der Waals surface area contributed by atoms with Gasteiger partial charge in [0.25, 0.3) is 0 Å². The second kappa shape index (κ2) is 8.40. The summed E-state index contributed by atoms with van der Waals surface area (Å²) >= 11 is 11.0. The molecule has 0 bridgehead atoms. The van der Waals surface area contributed by atoms with E-state index in [1.165, 1.54) is 25.2 Å². The van der Waals surface area contributed by atoms with Gasteiger partial charge >= 0.3 is 0 Å². The Balaban J connectivity index is 1.71. The summed E-state index contributed by atoms with van der Waals surface area (Å²) < 4.78 is 2.39. The molecule has 0 N–H and O–H groups in total. The predicted molar refractivity (Wildman–Crippen MR) is 94.3 cm³/mol. The zero-order chi connectivity index (χ0) is 13.5. The maximum Gasteiger partial charge on any atom is 0.0311 e. The molecule has 0 aliphatic rings. The fourth-order valence-corrected chi connectivity index (χ4v) is 4.76. The molecule has 0 aliphatic heterocycles. The van der Waals surface area contributed by atoms with Crippen molar-refractivity contribution in [3.05, 3.63) is 57.5 Å². The third-order valence-corrected chi connectivity index (χ3v) is 6.70. The number of hydrogen-bond acceptors (Lipinski definition) is 2. The van der Waals surface area contributed by atoms with Crippen LogP contribution < -0.4 is 0 Å². The van der Waals surface area contributed by atoms with Crippen LogP contribution in [0, 0.1) is 0 Å². The highest BCUT2D eigenvalue weighted by atomic mass is 79.9. The Labute approximate surface area is 140 Å². The molecule has 2 rings (SSSR count). The quantitative estimate of drug-likeness (QED) is 0.389. The van der Waals surface area contributed by atoms with Crippen LogP contribution in [0.2, 0.25) is 0 Å². The number of rotatable bonds is 6. The Hall–Kier alpha value is 0.1000. The van der Waals surface area contributed by atoms with E-state index < -0.39 is 0 Å². The first-order valence-electron chi connectivity index (χ1n) is 6.02. The molecular formula is C15H14Br2S2. The summed E-state index contributed by atoms with van der Waals surface area (Å²) in [5.74, 6) is 2.31. The van der Waals surface area contributed by atoms with E-state index in [0.717, 1.165) is 11.5 Å². The fourth-order valence-electron chi connectivity index (χ4n) is 1.55. The zero-order valence-corrected chi connectivity index (χ0v) is 15.1. The highest BCUT2D eigenvalue weighted by Crippen LogP contribution is 2.30. The Bertz CT molecular complexity index is 482. The van der Waals surface area contributed by atoms with Crippen LogP contribution in [0.3, 0.4) is 0 Å². The van der Waals surface area contributed by atoms with Crippen molar-refractivity contribution in [3.8, 4) is 0 Å². The largest absolute Gasteiger partial charge is 0.125 e. The fraction of sp³-hybridized carbons (Fsp3) is 0.200. The van der Waals surface area contributed by atoms with Crippen LogP contribution in [0.5, 0.6) is 0 Å². The SMILES string of the molecule is Brc1ccccc1SCCCSc1ccccc1Br. The molecule has 0 aliphatic carbocycles. The van der Waals surface area contributed by atoms with E-state index in [4.69, 9.17) is 0 Å². The molecule has 19 heavy (non-hydrogen) atoms. The van der Waals surface area contributed by atoms with Gasteiger partial charge in [-0.2, -0.15) is 0 Å². The van der Waals surface area contributed by atoms with Gasteiger partial charge in [-0.25, -0.2) is 0 Å². The summed E-state index contributed by atoms with van der Waals surface area (Å²) in [5.41, 5.74) is 0. The molecular weight excluding hydrogens is 404 g/mol. The van der Waals surface area contributed by atoms with Crippen molar-refractivity contribution in [2.75, 3.05) is 11.5 Å². The second-order valence-electron chi connectivity index (χ2n) is 3.91. The van der Waals surface area contributed by atoms with Gasteiger partial charge in [-0.05, 0) is 74.1 Å². The van der Waals surface area contributed by atoms with E-state index in [2.05, 4.69) is 80.4 Å². The molecule has 0 aromatic heterocycles. The van der Waals surface area contributed by atoms with Crippen molar-refractivity contribution in [1.29, 1.82) is 0 Å². The average molecular weight is 418 g/mol. The van der Waals surface area contributed by atoms with Gasteiger partial charge in [-0.15, -0.1) is 23.5 Å². The van der Waals surface area contributed by atoms with Crippen molar-refractivity contribution in [3.63, 3.8) is 0 Å². The smallest absolute Gasteiger partial charge is 0.0311 e. The number of halogens is 2. The monoisotopic (exact) mass is 416 g/mol. The predicted octanol–water partition coefficient (Wildman–Crippen LogP) is 6.49. The van der Waals surface area contributed by atoms with Crippen LogP contribution >= 0.6 is 55.4 Å². The molecule has 0 amide bonds.